The van der Waals surface area contributed by atoms with E-state index >= 15 is 0 Å². The SMILES string of the molecule is C[C@H](C(=O)NC1CCCCC1)N(Cc1ccc(Cl)cc1)C(=O)CCN1C(=O)[C@H]2CC=CC[C@H]2C1=O. The van der Waals surface area contributed by atoms with Gasteiger partial charge in [-0.2, -0.15) is 0 Å². The molecule has 188 valence electrons. The lowest BCUT2D eigenvalue weighted by atomic mass is 9.85. The van der Waals surface area contributed by atoms with Crippen LogP contribution in [-0.2, 0) is 25.7 Å². The van der Waals surface area contributed by atoms with E-state index < -0.39 is 6.04 Å². The Bertz CT molecular complexity index is 961. The molecule has 2 aliphatic carbocycles. The average molecular weight is 500 g/mol. The first-order valence-corrected chi connectivity index (χ1v) is 13.1. The van der Waals surface area contributed by atoms with Crippen LogP contribution in [0.4, 0.5) is 0 Å². The van der Waals surface area contributed by atoms with Crippen LogP contribution in [0.15, 0.2) is 36.4 Å². The van der Waals surface area contributed by atoms with Crippen LogP contribution in [-0.4, -0.2) is 52.1 Å². The Hall–Kier alpha value is -2.67. The van der Waals surface area contributed by atoms with Crippen LogP contribution in [0.1, 0.15) is 63.9 Å². The molecule has 4 amide bonds. The molecule has 0 radical (unpaired) electrons. The number of amides is 4. The highest BCUT2D eigenvalue weighted by atomic mass is 35.5. The fourth-order valence-corrected chi connectivity index (χ4v) is 5.50. The van der Waals surface area contributed by atoms with E-state index in [1.807, 2.05) is 24.3 Å². The number of nitrogens with zero attached hydrogens (tertiary/aromatic N) is 2. The van der Waals surface area contributed by atoms with Crippen LogP contribution < -0.4 is 5.32 Å². The zero-order valence-electron chi connectivity index (χ0n) is 20.2. The van der Waals surface area contributed by atoms with Crippen molar-refractivity contribution in [2.24, 2.45) is 11.8 Å². The maximum absolute atomic E-state index is 13.4. The summed E-state index contributed by atoms with van der Waals surface area (Å²) in [6, 6.07) is 6.63. The predicted molar refractivity (Wildman–Crippen MR) is 133 cm³/mol. The number of imide groups is 1. The molecule has 1 N–H and O–H groups in total. The van der Waals surface area contributed by atoms with Gasteiger partial charge in [-0.15, -0.1) is 0 Å². The van der Waals surface area contributed by atoms with Gasteiger partial charge in [-0.1, -0.05) is 55.1 Å². The number of likely N-dealkylation sites (tertiary alicyclic amines) is 1. The van der Waals surface area contributed by atoms with E-state index in [2.05, 4.69) is 5.32 Å². The van der Waals surface area contributed by atoms with Gasteiger partial charge in [-0.3, -0.25) is 24.1 Å². The molecule has 7 nitrogen and oxygen atoms in total. The molecule has 4 rings (SSSR count). The molecule has 0 aromatic heterocycles. The lowest BCUT2D eigenvalue weighted by Crippen LogP contribution is -2.51. The summed E-state index contributed by atoms with van der Waals surface area (Å²) in [4.78, 5) is 54.8. The first-order chi connectivity index (χ1) is 16.8. The van der Waals surface area contributed by atoms with Gasteiger partial charge in [0.05, 0.1) is 11.8 Å². The Labute approximate surface area is 211 Å². The van der Waals surface area contributed by atoms with Crippen LogP contribution in [0, 0.1) is 11.8 Å². The minimum atomic E-state index is -0.683. The molecule has 3 atom stereocenters. The van der Waals surface area contributed by atoms with Gasteiger partial charge in [0.15, 0.2) is 0 Å². The summed E-state index contributed by atoms with van der Waals surface area (Å²) < 4.78 is 0. The van der Waals surface area contributed by atoms with Crippen LogP contribution in [0.5, 0.6) is 0 Å². The maximum atomic E-state index is 13.4. The molecule has 2 fully saturated rings. The summed E-state index contributed by atoms with van der Waals surface area (Å²) in [5.74, 6) is -1.45. The van der Waals surface area contributed by atoms with Crippen molar-refractivity contribution < 1.29 is 19.2 Å². The molecule has 1 aliphatic heterocycles. The smallest absolute Gasteiger partial charge is 0.242 e. The van der Waals surface area contributed by atoms with Crippen molar-refractivity contribution in [1.29, 1.82) is 0 Å². The number of rotatable bonds is 8. The standard InChI is InChI=1S/C27H34ClN3O4/c1-18(25(33)29-21-7-3-2-4-8-21)31(17-19-11-13-20(28)14-12-19)24(32)15-16-30-26(34)22-9-5-6-10-23(22)27(30)35/h5-6,11-14,18,21-23H,2-4,7-10,15-17H2,1H3,(H,29,33)/t18-,22-,23+/m1/s1. The summed E-state index contributed by atoms with van der Waals surface area (Å²) in [5.41, 5.74) is 0.852. The summed E-state index contributed by atoms with van der Waals surface area (Å²) in [5, 5.41) is 3.71. The molecule has 1 heterocycles. The maximum Gasteiger partial charge on any atom is 0.242 e. The van der Waals surface area contributed by atoms with Gasteiger partial charge >= 0.3 is 0 Å². The van der Waals surface area contributed by atoms with Gasteiger partial charge in [0.1, 0.15) is 6.04 Å². The number of nitrogens with one attached hydrogen (secondary N) is 1. The fraction of sp³-hybridized carbons (Fsp3) is 0.556. The fourth-order valence-electron chi connectivity index (χ4n) is 5.38. The second-order valence-electron chi connectivity index (χ2n) is 9.90. The van der Waals surface area contributed by atoms with Gasteiger partial charge in [-0.05, 0) is 50.3 Å². The van der Waals surface area contributed by atoms with Gasteiger partial charge in [-0.25, -0.2) is 0 Å². The van der Waals surface area contributed by atoms with Gasteiger partial charge in [0.25, 0.3) is 0 Å². The van der Waals surface area contributed by atoms with Crippen molar-refractivity contribution in [3.8, 4) is 0 Å². The zero-order chi connectivity index (χ0) is 24.9. The predicted octanol–water partition coefficient (Wildman–Crippen LogP) is 3.85. The highest BCUT2D eigenvalue weighted by molar-refractivity contribution is 6.30. The Morgan fingerprint density at radius 3 is 2.23 bits per heavy atom. The molecule has 0 spiro atoms. The van der Waals surface area contributed by atoms with Crippen molar-refractivity contribution in [2.75, 3.05) is 6.54 Å². The Morgan fingerprint density at radius 2 is 1.63 bits per heavy atom. The van der Waals surface area contributed by atoms with Crippen molar-refractivity contribution in [2.45, 2.75) is 76.9 Å². The van der Waals surface area contributed by atoms with E-state index in [4.69, 9.17) is 11.6 Å². The Balaban J connectivity index is 1.44. The third kappa shape index (κ3) is 5.95. The molecule has 1 saturated heterocycles. The van der Waals surface area contributed by atoms with Crippen LogP contribution in [0.3, 0.4) is 0 Å². The Kier molecular flexibility index (Phi) is 8.26. The lowest BCUT2D eigenvalue weighted by Gasteiger charge is -2.31. The van der Waals surface area contributed by atoms with Gasteiger partial charge in [0.2, 0.25) is 23.6 Å². The highest BCUT2D eigenvalue weighted by Crippen LogP contribution is 2.35. The van der Waals surface area contributed by atoms with E-state index in [-0.39, 0.29) is 61.0 Å². The average Bonchev–Trinajstić information content (AvgIpc) is 3.11. The molecule has 35 heavy (non-hydrogen) atoms. The van der Waals surface area contributed by atoms with Gasteiger partial charge < -0.3 is 10.2 Å². The topological polar surface area (TPSA) is 86.8 Å². The number of carbonyl (C=O) groups excluding carboxylic acids is 4. The number of allylic oxidation sites excluding steroid dienone is 2. The molecular formula is C27H34ClN3O4. The first-order valence-electron chi connectivity index (χ1n) is 12.7. The number of halogens is 1. The van der Waals surface area contributed by atoms with Crippen LogP contribution in [0.25, 0.3) is 0 Å². The van der Waals surface area contributed by atoms with E-state index in [0.717, 1.165) is 31.2 Å². The minimum absolute atomic E-state index is 0.0149. The number of carbonyl (C=O) groups is 4. The third-order valence-corrected chi connectivity index (χ3v) is 7.79. The molecular weight excluding hydrogens is 466 g/mol. The highest BCUT2D eigenvalue weighted by Gasteiger charge is 2.47. The lowest BCUT2D eigenvalue weighted by molar-refractivity contribution is -0.144. The summed E-state index contributed by atoms with van der Waals surface area (Å²) in [6.45, 7) is 2.02. The molecule has 1 saturated carbocycles. The number of hydrogen-bond donors (Lipinski definition) is 1. The van der Waals surface area contributed by atoms with Crippen molar-refractivity contribution >= 4 is 35.2 Å². The molecule has 1 aromatic rings. The zero-order valence-corrected chi connectivity index (χ0v) is 21.0. The van der Waals surface area contributed by atoms with E-state index in [0.29, 0.717) is 17.9 Å². The second kappa shape index (κ2) is 11.4. The largest absolute Gasteiger partial charge is 0.352 e. The number of fused-ring (bicyclic) bond motifs is 1. The summed E-state index contributed by atoms with van der Waals surface area (Å²) >= 11 is 6.02. The monoisotopic (exact) mass is 499 g/mol. The number of benzene rings is 1. The molecule has 0 bridgehead atoms. The normalized spacial score (nSPS) is 23.2. The molecule has 0 unspecified atom stereocenters. The van der Waals surface area contributed by atoms with Crippen molar-refractivity contribution in [3.05, 3.63) is 47.0 Å². The Morgan fingerprint density at radius 1 is 1.03 bits per heavy atom. The quantitative estimate of drug-likeness (QED) is 0.435. The van der Waals surface area contributed by atoms with Crippen LogP contribution in [0.2, 0.25) is 5.02 Å². The van der Waals surface area contributed by atoms with E-state index in [1.54, 1.807) is 24.0 Å². The summed E-state index contributed by atoms with van der Waals surface area (Å²) in [7, 11) is 0. The van der Waals surface area contributed by atoms with E-state index in [9.17, 15) is 19.2 Å². The summed E-state index contributed by atoms with van der Waals surface area (Å²) in [6.07, 6.45) is 10.3. The van der Waals surface area contributed by atoms with Crippen molar-refractivity contribution in [1.82, 2.24) is 15.1 Å². The van der Waals surface area contributed by atoms with Crippen molar-refractivity contribution in [3.63, 3.8) is 0 Å². The van der Waals surface area contributed by atoms with E-state index in [1.165, 1.54) is 11.3 Å². The number of hydrogen-bond acceptors (Lipinski definition) is 4. The molecule has 3 aliphatic rings. The first kappa shape index (κ1) is 25.4. The van der Waals surface area contributed by atoms with Gasteiger partial charge in [0, 0.05) is 30.6 Å². The third-order valence-electron chi connectivity index (χ3n) is 7.53. The molecule has 8 heteroatoms. The molecule has 1 aromatic carbocycles. The minimum Gasteiger partial charge on any atom is -0.352 e. The van der Waals surface area contributed by atoms with Crippen LogP contribution >= 0.6 is 11.6 Å². The second-order valence-corrected chi connectivity index (χ2v) is 10.3.